The fourth-order valence-corrected chi connectivity index (χ4v) is 4.14. The zero-order valence-electron chi connectivity index (χ0n) is 16.7. The Morgan fingerprint density at radius 2 is 2.07 bits per heavy atom. The molecular weight excluding hydrogens is 412 g/mol. The number of nitrogen functional groups attached to an aromatic ring is 1. The van der Waals surface area contributed by atoms with Crippen LogP contribution in [-0.4, -0.2) is 58.7 Å². The van der Waals surface area contributed by atoms with Gasteiger partial charge < -0.3 is 10.8 Å². The molecule has 0 bridgehead atoms. The zero-order chi connectivity index (χ0) is 21.1. The summed E-state index contributed by atoms with van der Waals surface area (Å²) in [5.41, 5.74) is 10.3. The molecule has 0 spiro atoms. The van der Waals surface area contributed by atoms with E-state index in [1.807, 2.05) is 30.5 Å². The van der Waals surface area contributed by atoms with Gasteiger partial charge in [-0.05, 0) is 38.3 Å². The standard InChI is InChI=1S/C13H12ClN5.C6H13NO2S/c1-7-3-4-11-9(5-17-19(11)8(7)2)12-10(14)6-16-13(15)18-12;1-10(9)7-4-2-3-6(8)5-7/h3-6H,1-2H3,(H2,15,16,18);6,8H,2-5H2,1H3. The number of piperidine rings is 1. The number of aryl methyl sites for hydroxylation is 2. The fourth-order valence-electron chi connectivity index (χ4n) is 3.18. The second kappa shape index (κ2) is 9.17. The third-order valence-corrected chi connectivity index (χ3v) is 6.26. The second-order valence-electron chi connectivity index (χ2n) is 6.99. The van der Waals surface area contributed by atoms with Crippen molar-refractivity contribution >= 4 is 34.1 Å². The molecule has 156 valence electrons. The highest BCUT2D eigenvalue weighted by molar-refractivity contribution is 7.81. The molecule has 1 aliphatic rings. The maximum atomic E-state index is 10.9. The highest BCUT2D eigenvalue weighted by atomic mass is 35.5. The van der Waals surface area contributed by atoms with Gasteiger partial charge in [-0.1, -0.05) is 17.7 Å². The Bertz CT molecular complexity index is 1040. The van der Waals surface area contributed by atoms with E-state index < -0.39 is 11.0 Å². The lowest BCUT2D eigenvalue weighted by Crippen LogP contribution is -2.38. The molecule has 0 aliphatic carbocycles. The molecule has 1 aliphatic heterocycles. The van der Waals surface area contributed by atoms with Gasteiger partial charge in [0.1, 0.15) is 0 Å². The number of nitrogens with zero attached hydrogens (tertiary/aromatic N) is 5. The van der Waals surface area contributed by atoms with Gasteiger partial charge in [0.2, 0.25) is 5.95 Å². The molecule has 29 heavy (non-hydrogen) atoms. The third-order valence-electron chi connectivity index (χ3n) is 4.93. The summed E-state index contributed by atoms with van der Waals surface area (Å²) in [6.45, 7) is 5.50. The van der Waals surface area contributed by atoms with Crippen LogP contribution in [0.15, 0.2) is 24.5 Å². The Morgan fingerprint density at radius 3 is 2.72 bits per heavy atom. The molecule has 0 saturated carbocycles. The summed E-state index contributed by atoms with van der Waals surface area (Å²) in [7, 11) is -0.899. The molecule has 3 aromatic heterocycles. The Hall–Kier alpha value is -2.07. The molecule has 0 amide bonds. The number of pyridine rings is 1. The molecule has 2 unspecified atom stereocenters. The number of fused-ring (bicyclic) bond motifs is 1. The molecular formula is C19H25ClN6O2S. The maximum Gasteiger partial charge on any atom is 0.220 e. The van der Waals surface area contributed by atoms with Crippen molar-refractivity contribution in [2.45, 2.75) is 32.8 Å². The van der Waals surface area contributed by atoms with E-state index in [0.717, 1.165) is 36.2 Å². The van der Waals surface area contributed by atoms with Gasteiger partial charge in [-0.2, -0.15) is 5.10 Å². The minimum absolute atomic E-state index is 0.197. The molecule has 8 nitrogen and oxygen atoms in total. The van der Waals surface area contributed by atoms with E-state index >= 15 is 0 Å². The van der Waals surface area contributed by atoms with Crippen molar-refractivity contribution in [2.24, 2.45) is 0 Å². The summed E-state index contributed by atoms with van der Waals surface area (Å²) < 4.78 is 14.5. The number of halogens is 1. The van der Waals surface area contributed by atoms with Crippen LogP contribution >= 0.6 is 11.6 Å². The van der Waals surface area contributed by atoms with Crippen molar-refractivity contribution in [3.63, 3.8) is 0 Å². The van der Waals surface area contributed by atoms with Crippen molar-refractivity contribution < 1.29 is 9.32 Å². The molecule has 3 N–H and O–H groups in total. The largest absolute Gasteiger partial charge is 0.392 e. The van der Waals surface area contributed by atoms with Crippen LogP contribution in [0, 0.1) is 13.8 Å². The molecule has 0 aromatic carbocycles. The second-order valence-corrected chi connectivity index (χ2v) is 8.76. The average molecular weight is 437 g/mol. The maximum absolute atomic E-state index is 10.9. The minimum atomic E-state index is -0.899. The predicted octanol–water partition coefficient (Wildman–Crippen LogP) is 2.38. The third kappa shape index (κ3) is 4.92. The number of β-amino-alcohol motifs (C(OH)–C–C–N with tert-alkyl or cyclic N) is 1. The van der Waals surface area contributed by atoms with Crippen molar-refractivity contribution in [3.8, 4) is 11.3 Å². The van der Waals surface area contributed by atoms with Gasteiger partial charge in [-0.3, -0.25) is 0 Å². The van der Waals surface area contributed by atoms with Crippen LogP contribution in [0.2, 0.25) is 5.02 Å². The average Bonchev–Trinajstić information content (AvgIpc) is 3.12. The van der Waals surface area contributed by atoms with Crippen molar-refractivity contribution in [1.29, 1.82) is 0 Å². The van der Waals surface area contributed by atoms with E-state index in [1.54, 1.807) is 16.8 Å². The summed E-state index contributed by atoms with van der Waals surface area (Å²) in [5.74, 6) is 0.197. The van der Waals surface area contributed by atoms with Crippen LogP contribution in [-0.2, 0) is 11.0 Å². The number of rotatable bonds is 2. The van der Waals surface area contributed by atoms with Gasteiger partial charge >= 0.3 is 0 Å². The first-order valence-electron chi connectivity index (χ1n) is 9.26. The summed E-state index contributed by atoms with van der Waals surface area (Å²) >= 11 is 6.14. The minimum Gasteiger partial charge on any atom is -0.392 e. The van der Waals surface area contributed by atoms with Crippen LogP contribution in [0.25, 0.3) is 16.8 Å². The first kappa shape index (κ1) is 21.6. The van der Waals surface area contributed by atoms with E-state index in [9.17, 15) is 4.21 Å². The number of aliphatic hydroxyl groups is 1. The van der Waals surface area contributed by atoms with Crippen LogP contribution in [0.1, 0.15) is 24.1 Å². The lowest BCUT2D eigenvalue weighted by molar-refractivity contribution is 0.110. The smallest absolute Gasteiger partial charge is 0.220 e. The molecule has 0 radical (unpaired) electrons. The van der Waals surface area contributed by atoms with Gasteiger partial charge in [-0.25, -0.2) is 23.0 Å². The van der Waals surface area contributed by atoms with E-state index in [4.69, 9.17) is 22.4 Å². The summed E-state index contributed by atoms with van der Waals surface area (Å²) in [4.78, 5) is 8.07. The van der Waals surface area contributed by atoms with Gasteiger partial charge in [0.25, 0.3) is 0 Å². The molecule has 1 saturated heterocycles. The zero-order valence-corrected chi connectivity index (χ0v) is 18.2. The molecule has 4 heterocycles. The molecule has 2 atom stereocenters. The highest BCUT2D eigenvalue weighted by Gasteiger charge is 2.19. The number of hydrogen-bond acceptors (Lipinski definition) is 6. The molecule has 3 aromatic rings. The number of aromatic nitrogens is 4. The van der Waals surface area contributed by atoms with E-state index in [-0.39, 0.29) is 12.1 Å². The van der Waals surface area contributed by atoms with Gasteiger partial charge in [0.15, 0.2) is 0 Å². The summed E-state index contributed by atoms with van der Waals surface area (Å²) in [6, 6.07) is 4.05. The first-order chi connectivity index (χ1) is 13.8. The van der Waals surface area contributed by atoms with Crippen molar-refractivity contribution in [3.05, 3.63) is 40.8 Å². The quantitative estimate of drug-likeness (QED) is 0.638. The Labute approximate surface area is 177 Å². The Balaban J connectivity index is 0.000000204. The van der Waals surface area contributed by atoms with Gasteiger partial charge in [0, 0.05) is 30.6 Å². The highest BCUT2D eigenvalue weighted by Crippen LogP contribution is 2.30. The summed E-state index contributed by atoms with van der Waals surface area (Å²) in [6.07, 6.45) is 6.45. The monoisotopic (exact) mass is 436 g/mol. The first-order valence-corrected chi connectivity index (χ1v) is 11.2. The van der Waals surface area contributed by atoms with Crippen LogP contribution in [0.3, 0.4) is 0 Å². The topological polar surface area (TPSA) is 110 Å². The van der Waals surface area contributed by atoms with Gasteiger partial charge in [0.05, 0.1) is 45.7 Å². The number of aliphatic hydroxyl groups excluding tert-OH is 1. The normalized spacial score (nSPS) is 18.3. The fraction of sp³-hybridized carbons (Fsp3) is 0.421. The SMILES string of the molecule is CS(=O)N1CCCC(O)C1.Cc1ccc2c(-c3nc(N)ncc3Cl)cnn2c1C. The molecule has 1 fully saturated rings. The summed E-state index contributed by atoms with van der Waals surface area (Å²) in [5, 5.41) is 14.0. The van der Waals surface area contributed by atoms with Crippen molar-refractivity contribution in [2.75, 3.05) is 25.1 Å². The number of nitrogens with two attached hydrogens (primary N) is 1. The number of anilines is 1. The Morgan fingerprint density at radius 1 is 1.31 bits per heavy atom. The van der Waals surface area contributed by atoms with Crippen LogP contribution in [0.4, 0.5) is 5.95 Å². The Kier molecular flexibility index (Phi) is 6.84. The molecule has 4 rings (SSSR count). The van der Waals surface area contributed by atoms with E-state index in [1.165, 1.54) is 11.8 Å². The van der Waals surface area contributed by atoms with Crippen molar-refractivity contribution in [1.82, 2.24) is 23.9 Å². The predicted molar refractivity (Wildman–Crippen MR) is 116 cm³/mol. The van der Waals surface area contributed by atoms with E-state index in [2.05, 4.69) is 15.1 Å². The number of hydrogen-bond donors (Lipinski definition) is 2. The lowest BCUT2D eigenvalue weighted by atomic mass is 10.1. The lowest BCUT2D eigenvalue weighted by Gasteiger charge is -2.27. The molecule has 10 heteroatoms. The van der Waals surface area contributed by atoms with Crippen LogP contribution < -0.4 is 5.73 Å². The van der Waals surface area contributed by atoms with Crippen LogP contribution in [0.5, 0.6) is 0 Å². The van der Waals surface area contributed by atoms with Gasteiger partial charge in [-0.15, -0.1) is 0 Å². The van der Waals surface area contributed by atoms with E-state index in [0.29, 0.717) is 17.3 Å².